The Labute approximate surface area is 164 Å². The van der Waals surface area contributed by atoms with Crippen molar-refractivity contribution in [1.29, 1.82) is 0 Å². The van der Waals surface area contributed by atoms with Gasteiger partial charge in [0.2, 0.25) is 5.58 Å². The van der Waals surface area contributed by atoms with Gasteiger partial charge in [-0.05, 0) is 30.5 Å². The van der Waals surface area contributed by atoms with E-state index in [2.05, 4.69) is 24.0 Å². The molecule has 0 aliphatic carbocycles. The molecule has 0 radical (unpaired) electrons. The molecule has 0 fully saturated rings. The number of benzene rings is 2. The van der Waals surface area contributed by atoms with Crippen LogP contribution < -0.4 is 4.57 Å². The smallest absolute Gasteiger partial charge is 0.376 e. The predicted octanol–water partition coefficient (Wildman–Crippen LogP) is 3.38. The van der Waals surface area contributed by atoms with Crippen LogP contribution >= 0.6 is 0 Å². The summed E-state index contributed by atoms with van der Waals surface area (Å²) in [6, 6.07) is 12.0. The Morgan fingerprint density at radius 2 is 2.07 bits per heavy atom. The minimum atomic E-state index is -4.00. The molecular formula is C21H23N2O4S+. The SMILES string of the molecule is CCN1CC=CC1=Cc1oc2ccc3ccccc3c2[n+]1CCCS(=O)(=O)O. The number of hydrogen-bond acceptors (Lipinski definition) is 4. The fraction of sp³-hybridized carbons (Fsp3) is 0.286. The second-order valence-electron chi connectivity index (χ2n) is 6.88. The molecule has 0 bridgehead atoms. The maximum absolute atomic E-state index is 11.2. The Morgan fingerprint density at radius 1 is 1.25 bits per heavy atom. The van der Waals surface area contributed by atoms with Gasteiger partial charge in [0.25, 0.3) is 15.6 Å². The van der Waals surface area contributed by atoms with Crippen LogP contribution in [-0.2, 0) is 16.7 Å². The van der Waals surface area contributed by atoms with E-state index in [0.717, 1.165) is 40.7 Å². The van der Waals surface area contributed by atoms with Crippen LogP contribution in [-0.4, -0.2) is 36.7 Å². The summed E-state index contributed by atoms with van der Waals surface area (Å²) in [5.41, 5.74) is 2.75. The van der Waals surface area contributed by atoms with Crippen molar-refractivity contribution in [2.75, 3.05) is 18.8 Å². The van der Waals surface area contributed by atoms with Crippen LogP contribution in [0.25, 0.3) is 27.9 Å². The summed E-state index contributed by atoms with van der Waals surface area (Å²) in [5.74, 6) is 0.385. The highest BCUT2D eigenvalue weighted by atomic mass is 32.2. The first-order valence-corrected chi connectivity index (χ1v) is 11.0. The number of likely N-dealkylation sites (N-methyl/N-ethyl adjacent to an activating group) is 1. The van der Waals surface area contributed by atoms with Crippen molar-refractivity contribution < 1.29 is 22.0 Å². The highest BCUT2D eigenvalue weighted by molar-refractivity contribution is 7.85. The van der Waals surface area contributed by atoms with Crippen molar-refractivity contribution in [1.82, 2.24) is 4.90 Å². The maximum Gasteiger partial charge on any atom is 0.376 e. The maximum atomic E-state index is 11.2. The number of fused-ring (bicyclic) bond motifs is 3. The Bertz CT molecular complexity index is 1190. The molecule has 0 saturated heterocycles. The normalized spacial score (nSPS) is 16.1. The summed E-state index contributed by atoms with van der Waals surface area (Å²) >= 11 is 0. The topological polar surface area (TPSA) is 74.6 Å². The van der Waals surface area contributed by atoms with Gasteiger partial charge in [0.15, 0.2) is 6.54 Å². The molecule has 3 aromatic rings. The van der Waals surface area contributed by atoms with Crippen molar-refractivity contribution in [2.24, 2.45) is 0 Å². The van der Waals surface area contributed by atoms with E-state index in [0.29, 0.717) is 18.9 Å². The van der Waals surface area contributed by atoms with Crippen LogP contribution in [0.3, 0.4) is 0 Å². The summed E-state index contributed by atoms with van der Waals surface area (Å²) in [5, 5.41) is 2.14. The lowest BCUT2D eigenvalue weighted by Crippen LogP contribution is -2.36. The molecule has 6 nitrogen and oxygen atoms in total. The first kappa shape index (κ1) is 18.7. The molecule has 0 saturated carbocycles. The van der Waals surface area contributed by atoms with E-state index in [9.17, 15) is 8.42 Å². The van der Waals surface area contributed by atoms with Crippen LogP contribution in [0, 0.1) is 0 Å². The molecule has 0 unspecified atom stereocenters. The lowest BCUT2D eigenvalue weighted by Gasteiger charge is -2.16. The minimum absolute atomic E-state index is 0.283. The standard InChI is InChI=1S/C21H22N2O4S/c1-2-22-12-5-8-17(22)15-20-23(13-6-14-28(24,25)26)21-18-9-4-3-7-16(18)10-11-19(21)27-20/h3-5,7-11,15H,2,6,12-14H2,1H3/p+1. The first-order valence-electron chi connectivity index (χ1n) is 9.39. The summed E-state index contributed by atoms with van der Waals surface area (Å²) in [4.78, 5) is 2.23. The number of allylic oxidation sites excluding steroid dienone is 1. The van der Waals surface area contributed by atoms with Crippen LogP contribution in [0.2, 0.25) is 0 Å². The van der Waals surface area contributed by atoms with Crippen LogP contribution in [0.1, 0.15) is 19.2 Å². The van der Waals surface area contributed by atoms with Gasteiger partial charge >= 0.3 is 5.89 Å². The van der Waals surface area contributed by atoms with Crippen LogP contribution in [0.5, 0.6) is 0 Å². The Hall–Kier alpha value is -2.64. The molecular weight excluding hydrogens is 376 g/mol. The molecule has 7 heteroatoms. The average Bonchev–Trinajstić information content (AvgIpc) is 3.25. The van der Waals surface area contributed by atoms with Crippen molar-refractivity contribution in [2.45, 2.75) is 19.9 Å². The molecule has 1 aliphatic rings. The van der Waals surface area contributed by atoms with Gasteiger partial charge in [-0.1, -0.05) is 30.3 Å². The zero-order valence-corrected chi connectivity index (χ0v) is 16.5. The number of aryl methyl sites for hydroxylation is 1. The Morgan fingerprint density at radius 3 is 2.86 bits per heavy atom. The highest BCUT2D eigenvalue weighted by Gasteiger charge is 2.25. The van der Waals surface area contributed by atoms with E-state index in [-0.39, 0.29) is 5.75 Å². The van der Waals surface area contributed by atoms with Crippen molar-refractivity contribution in [3.8, 4) is 0 Å². The van der Waals surface area contributed by atoms with E-state index < -0.39 is 10.1 Å². The molecule has 2 heterocycles. The molecule has 2 aromatic carbocycles. The summed E-state index contributed by atoms with van der Waals surface area (Å²) in [6.45, 7) is 4.29. The molecule has 1 aliphatic heterocycles. The van der Waals surface area contributed by atoms with Gasteiger partial charge in [-0.2, -0.15) is 13.0 Å². The molecule has 0 spiro atoms. The second-order valence-corrected chi connectivity index (χ2v) is 8.45. The molecule has 1 aromatic heterocycles. The third-order valence-electron chi connectivity index (χ3n) is 5.03. The third-order valence-corrected chi connectivity index (χ3v) is 5.84. The van der Waals surface area contributed by atoms with E-state index in [1.54, 1.807) is 0 Å². The van der Waals surface area contributed by atoms with Crippen molar-refractivity contribution in [3.63, 3.8) is 0 Å². The van der Waals surface area contributed by atoms with Gasteiger partial charge in [0, 0.05) is 25.2 Å². The number of oxazole rings is 1. The fourth-order valence-electron chi connectivity index (χ4n) is 3.70. The van der Waals surface area contributed by atoms with Crippen molar-refractivity contribution >= 4 is 38.1 Å². The molecule has 4 rings (SSSR count). The average molecular weight is 399 g/mol. The lowest BCUT2D eigenvalue weighted by molar-refractivity contribution is -0.677. The summed E-state index contributed by atoms with van der Waals surface area (Å²) < 4.78 is 39.6. The quantitative estimate of drug-likeness (QED) is 0.508. The largest absolute Gasteiger partial charge is 0.398 e. The Kier molecular flexibility index (Phi) is 4.95. The Balaban J connectivity index is 1.86. The number of aromatic nitrogens is 1. The number of nitrogens with zero attached hydrogens (tertiary/aromatic N) is 2. The van der Waals surface area contributed by atoms with E-state index >= 15 is 0 Å². The van der Waals surface area contributed by atoms with Gasteiger partial charge in [0.1, 0.15) is 0 Å². The summed E-state index contributed by atoms with van der Waals surface area (Å²) in [7, 11) is -4.00. The molecule has 28 heavy (non-hydrogen) atoms. The zero-order valence-electron chi connectivity index (χ0n) is 15.7. The third kappa shape index (κ3) is 3.68. The summed E-state index contributed by atoms with van der Waals surface area (Å²) in [6.07, 6.45) is 6.47. The van der Waals surface area contributed by atoms with E-state index in [1.807, 2.05) is 47.0 Å². The van der Waals surface area contributed by atoms with Gasteiger partial charge in [0.05, 0.1) is 17.2 Å². The molecule has 1 N–H and O–H groups in total. The van der Waals surface area contributed by atoms with Crippen LogP contribution in [0.15, 0.2) is 58.7 Å². The lowest BCUT2D eigenvalue weighted by atomic mass is 10.1. The monoisotopic (exact) mass is 399 g/mol. The predicted molar refractivity (Wildman–Crippen MR) is 109 cm³/mol. The number of hydrogen-bond donors (Lipinski definition) is 1. The first-order chi connectivity index (χ1) is 13.5. The zero-order chi connectivity index (χ0) is 19.7. The van der Waals surface area contributed by atoms with Gasteiger partial charge in [-0.15, -0.1) is 0 Å². The fourth-order valence-corrected chi connectivity index (χ4v) is 4.19. The van der Waals surface area contributed by atoms with Gasteiger partial charge < -0.3 is 9.32 Å². The highest BCUT2D eigenvalue weighted by Crippen LogP contribution is 2.26. The second kappa shape index (κ2) is 7.41. The van der Waals surface area contributed by atoms with Crippen LogP contribution in [0.4, 0.5) is 0 Å². The van der Waals surface area contributed by atoms with Gasteiger partial charge in [-0.3, -0.25) is 4.55 Å². The van der Waals surface area contributed by atoms with Crippen molar-refractivity contribution in [3.05, 3.63) is 60.1 Å². The molecule has 146 valence electrons. The number of rotatable bonds is 6. The molecule has 0 atom stereocenters. The minimum Gasteiger partial charge on any atom is -0.398 e. The van der Waals surface area contributed by atoms with E-state index in [1.165, 1.54) is 0 Å². The van der Waals surface area contributed by atoms with E-state index in [4.69, 9.17) is 8.97 Å². The molecule has 0 amide bonds. The van der Waals surface area contributed by atoms with Gasteiger partial charge in [-0.25, -0.2) is 0 Å².